The molecule has 2 N–H and O–H groups in total. The number of nitrogens with zero attached hydrogens (tertiary/aromatic N) is 2. The number of carbonyl (C=O) groups excluding carboxylic acids is 1. The maximum atomic E-state index is 11.2. The Balaban J connectivity index is 1.69. The van der Waals surface area contributed by atoms with Crippen molar-refractivity contribution in [2.45, 2.75) is 44.8 Å². The van der Waals surface area contributed by atoms with Crippen LogP contribution in [0.15, 0.2) is 45.6 Å². The summed E-state index contributed by atoms with van der Waals surface area (Å²) in [6.45, 7) is 5.06. The minimum absolute atomic E-state index is 0.214. The lowest BCUT2D eigenvalue weighted by atomic mass is 9.99. The van der Waals surface area contributed by atoms with Gasteiger partial charge in [0, 0.05) is 48.3 Å². The number of likely N-dealkylation sites (tertiary alicyclic amines) is 1. The van der Waals surface area contributed by atoms with Gasteiger partial charge in [-0.2, -0.15) is 11.3 Å². The van der Waals surface area contributed by atoms with Crippen molar-refractivity contribution < 1.29 is 4.79 Å². The molecule has 1 atom stereocenters. The Labute approximate surface area is 168 Å². The first kappa shape index (κ1) is 19.4. The number of benzene rings is 1. The summed E-state index contributed by atoms with van der Waals surface area (Å²) in [6.07, 6.45) is 2.64. The smallest absolute Gasteiger partial charge is 0.218 e. The van der Waals surface area contributed by atoms with Gasteiger partial charge in [0.15, 0.2) is 0 Å². The first-order valence-electron chi connectivity index (χ1n) is 9.08. The molecule has 140 valence electrons. The fraction of sp³-hybridized carbons (Fsp3) is 0.450. The highest BCUT2D eigenvalue weighted by Gasteiger charge is 2.27. The Morgan fingerprint density at radius 3 is 2.58 bits per heavy atom. The van der Waals surface area contributed by atoms with Gasteiger partial charge < -0.3 is 10.6 Å². The van der Waals surface area contributed by atoms with Gasteiger partial charge in [-0.1, -0.05) is 15.9 Å². The van der Waals surface area contributed by atoms with E-state index in [1.807, 2.05) is 0 Å². The number of primary amides is 1. The number of rotatable bonds is 7. The third kappa shape index (κ3) is 5.09. The number of hydrogen-bond donors (Lipinski definition) is 1. The molecule has 0 aliphatic carbocycles. The van der Waals surface area contributed by atoms with Gasteiger partial charge in [0.1, 0.15) is 0 Å². The van der Waals surface area contributed by atoms with E-state index in [0.29, 0.717) is 12.5 Å². The SMILES string of the molecule is C[C@H](CC(N)=O)N1CCC(N(Cc2ccsc2)c2ccc(Br)cc2)CC1. The van der Waals surface area contributed by atoms with Gasteiger partial charge in [0.05, 0.1) is 0 Å². The second-order valence-electron chi connectivity index (χ2n) is 7.02. The molecule has 4 nitrogen and oxygen atoms in total. The van der Waals surface area contributed by atoms with Gasteiger partial charge in [0.25, 0.3) is 0 Å². The molecular weight excluding hydrogens is 410 g/mol. The molecule has 1 fully saturated rings. The molecule has 1 aromatic heterocycles. The first-order valence-corrected chi connectivity index (χ1v) is 10.8. The maximum Gasteiger partial charge on any atom is 0.218 e. The molecule has 1 aromatic carbocycles. The Bertz CT molecular complexity index is 696. The molecule has 6 heteroatoms. The van der Waals surface area contributed by atoms with Crippen LogP contribution in [0, 0.1) is 0 Å². The number of hydrogen-bond acceptors (Lipinski definition) is 4. The van der Waals surface area contributed by atoms with Gasteiger partial charge in [0.2, 0.25) is 5.91 Å². The number of piperidine rings is 1. The minimum atomic E-state index is -0.214. The van der Waals surface area contributed by atoms with Crippen molar-refractivity contribution >= 4 is 38.9 Å². The van der Waals surface area contributed by atoms with E-state index < -0.39 is 0 Å². The second kappa shape index (κ2) is 9.02. The highest BCUT2D eigenvalue weighted by atomic mass is 79.9. The third-order valence-corrected chi connectivity index (χ3v) is 6.41. The summed E-state index contributed by atoms with van der Waals surface area (Å²) < 4.78 is 1.10. The normalized spacial score (nSPS) is 17.2. The first-order chi connectivity index (χ1) is 12.5. The standard InChI is InChI=1S/C20H26BrN3OS/c1-15(12-20(22)25)23-9-6-19(7-10-23)24(13-16-8-11-26-14-16)18-4-2-17(21)3-5-18/h2-5,8,11,14-15,19H,6-7,9-10,12-13H2,1H3,(H2,22,25)/t15-/m1/s1. The van der Waals surface area contributed by atoms with Crippen molar-refractivity contribution in [1.82, 2.24) is 4.90 Å². The molecule has 0 unspecified atom stereocenters. The molecule has 0 saturated carbocycles. The topological polar surface area (TPSA) is 49.6 Å². The van der Waals surface area contributed by atoms with Crippen LogP contribution in [0.3, 0.4) is 0 Å². The second-order valence-corrected chi connectivity index (χ2v) is 8.72. The fourth-order valence-corrected chi connectivity index (χ4v) is 4.63. The van der Waals surface area contributed by atoms with Crippen LogP contribution < -0.4 is 10.6 Å². The zero-order valence-electron chi connectivity index (χ0n) is 15.1. The zero-order valence-corrected chi connectivity index (χ0v) is 17.5. The van der Waals surface area contributed by atoms with E-state index in [2.05, 4.69) is 73.7 Å². The van der Waals surface area contributed by atoms with E-state index in [-0.39, 0.29) is 11.9 Å². The molecule has 0 bridgehead atoms. The molecular formula is C20H26BrN3OS. The highest BCUT2D eigenvalue weighted by Crippen LogP contribution is 2.28. The number of halogens is 1. The van der Waals surface area contributed by atoms with Crippen molar-refractivity contribution in [2.24, 2.45) is 5.73 Å². The van der Waals surface area contributed by atoms with Crippen molar-refractivity contribution in [2.75, 3.05) is 18.0 Å². The lowest BCUT2D eigenvalue weighted by molar-refractivity contribution is -0.119. The van der Waals surface area contributed by atoms with E-state index in [1.54, 1.807) is 11.3 Å². The number of anilines is 1. The summed E-state index contributed by atoms with van der Waals surface area (Å²) in [5.74, 6) is -0.214. The fourth-order valence-electron chi connectivity index (χ4n) is 3.70. The molecule has 0 spiro atoms. The lowest BCUT2D eigenvalue weighted by Crippen LogP contribution is -2.48. The Morgan fingerprint density at radius 1 is 1.31 bits per heavy atom. The van der Waals surface area contributed by atoms with Crippen LogP contribution in [0.2, 0.25) is 0 Å². The average Bonchev–Trinajstić information content (AvgIpc) is 3.13. The summed E-state index contributed by atoms with van der Waals surface area (Å²) in [6, 6.07) is 11.6. The largest absolute Gasteiger partial charge is 0.370 e. The van der Waals surface area contributed by atoms with Crippen LogP contribution in [-0.2, 0) is 11.3 Å². The molecule has 3 rings (SSSR count). The lowest BCUT2D eigenvalue weighted by Gasteiger charge is -2.41. The summed E-state index contributed by atoms with van der Waals surface area (Å²) >= 11 is 5.28. The van der Waals surface area contributed by atoms with Gasteiger partial charge in [-0.15, -0.1) is 0 Å². The molecule has 0 radical (unpaired) electrons. The van der Waals surface area contributed by atoms with Crippen molar-refractivity contribution in [1.29, 1.82) is 0 Å². The van der Waals surface area contributed by atoms with E-state index in [9.17, 15) is 4.79 Å². The molecule has 26 heavy (non-hydrogen) atoms. The van der Waals surface area contributed by atoms with Crippen LogP contribution in [-0.4, -0.2) is 36.0 Å². The minimum Gasteiger partial charge on any atom is -0.370 e. The van der Waals surface area contributed by atoms with Gasteiger partial charge in [-0.3, -0.25) is 9.69 Å². The van der Waals surface area contributed by atoms with Crippen LogP contribution >= 0.6 is 27.3 Å². The predicted molar refractivity (Wildman–Crippen MR) is 113 cm³/mol. The molecule has 1 amide bonds. The Hall–Kier alpha value is -1.37. The summed E-state index contributed by atoms with van der Waals surface area (Å²) in [5, 5.41) is 4.37. The third-order valence-electron chi connectivity index (χ3n) is 5.15. The number of carbonyl (C=O) groups is 1. The number of nitrogens with two attached hydrogens (primary N) is 1. The summed E-state index contributed by atoms with van der Waals surface area (Å²) in [7, 11) is 0. The van der Waals surface area contributed by atoms with E-state index in [1.165, 1.54) is 11.3 Å². The predicted octanol–water partition coefficient (Wildman–Crippen LogP) is 4.25. The number of thiophene rings is 1. The van der Waals surface area contributed by atoms with Crippen LogP contribution in [0.5, 0.6) is 0 Å². The van der Waals surface area contributed by atoms with Crippen molar-refractivity contribution in [3.05, 3.63) is 51.1 Å². The quantitative estimate of drug-likeness (QED) is 0.706. The van der Waals surface area contributed by atoms with Crippen molar-refractivity contribution in [3.63, 3.8) is 0 Å². The molecule has 2 aromatic rings. The van der Waals surface area contributed by atoms with Crippen LogP contribution in [0.25, 0.3) is 0 Å². The monoisotopic (exact) mass is 435 g/mol. The zero-order chi connectivity index (χ0) is 18.5. The maximum absolute atomic E-state index is 11.2. The van der Waals surface area contributed by atoms with Gasteiger partial charge in [-0.05, 0) is 66.4 Å². The Morgan fingerprint density at radius 2 is 2.00 bits per heavy atom. The average molecular weight is 436 g/mol. The van der Waals surface area contributed by atoms with Gasteiger partial charge >= 0.3 is 0 Å². The van der Waals surface area contributed by atoms with E-state index in [4.69, 9.17) is 5.73 Å². The molecule has 1 aliphatic rings. The molecule has 2 heterocycles. The molecule has 1 saturated heterocycles. The summed E-state index contributed by atoms with van der Waals surface area (Å²) in [4.78, 5) is 16.1. The van der Waals surface area contributed by atoms with Crippen molar-refractivity contribution in [3.8, 4) is 0 Å². The van der Waals surface area contributed by atoms with E-state index in [0.717, 1.165) is 36.9 Å². The van der Waals surface area contributed by atoms with Crippen LogP contribution in [0.4, 0.5) is 5.69 Å². The van der Waals surface area contributed by atoms with Crippen LogP contribution in [0.1, 0.15) is 31.7 Å². The number of amides is 1. The summed E-state index contributed by atoms with van der Waals surface area (Å²) in [5.41, 5.74) is 7.99. The van der Waals surface area contributed by atoms with E-state index >= 15 is 0 Å². The molecule has 1 aliphatic heterocycles. The van der Waals surface area contributed by atoms with Gasteiger partial charge in [-0.25, -0.2) is 0 Å². The Kier molecular flexibility index (Phi) is 6.73. The highest BCUT2D eigenvalue weighted by molar-refractivity contribution is 9.10.